The predicted molar refractivity (Wildman–Crippen MR) is 140 cm³/mol. The van der Waals surface area contributed by atoms with Crippen molar-refractivity contribution < 1.29 is 27.4 Å². The fourth-order valence-corrected chi connectivity index (χ4v) is 4.90. The molecule has 0 radical (unpaired) electrons. The number of hydrogen-bond donors (Lipinski definition) is 1. The zero-order valence-corrected chi connectivity index (χ0v) is 22.0. The molecule has 0 fully saturated rings. The summed E-state index contributed by atoms with van der Waals surface area (Å²) in [6.07, 6.45) is 0. The molecule has 1 amide bonds. The van der Waals surface area contributed by atoms with Gasteiger partial charge in [-0.05, 0) is 68.3 Å². The summed E-state index contributed by atoms with van der Waals surface area (Å²) >= 11 is 0. The topological polar surface area (TPSA) is 94.2 Å². The van der Waals surface area contributed by atoms with E-state index >= 15 is 0 Å². The van der Waals surface area contributed by atoms with Crippen LogP contribution in [0.15, 0.2) is 65.6 Å². The molecule has 0 aliphatic heterocycles. The van der Waals surface area contributed by atoms with E-state index in [2.05, 4.69) is 5.32 Å². The zero-order valence-electron chi connectivity index (χ0n) is 21.2. The molecular weight excluding hydrogens is 480 g/mol. The minimum atomic E-state index is -4.10. The van der Waals surface area contributed by atoms with Crippen molar-refractivity contribution in [3.05, 3.63) is 77.4 Å². The summed E-state index contributed by atoms with van der Waals surface area (Å²) in [6.45, 7) is 5.88. The fourth-order valence-electron chi connectivity index (χ4n) is 3.48. The number of rotatable bonds is 11. The quantitative estimate of drug-likeness (QED) is 0.390. The maximum Gasteiger partial charge on any atom is 0.264 e. The summed E-state index contributed by atoms with van der Waals surface area (Å²) in [4.78, 5) is 12.9. The molecule has 0 spiro atoms. The summed E-state index contributed by atoms with van der Waals surface area (Å²) in [7, 11) is -1.18. The van der Waals surface area contributed by atoms with Gasteiger partial charge in [0.1, 0.15) is 30.4 Å². The smallest absolute Gasteiger partial charge is 0.264 e. The first-order valence-corrected chi connectivity index (χ1v) is 12.9. The zero-order chi connectivity index (χ0) is 26.3. The predicted octanol–water partition coefficient (Wildman–Crippen LogP) is 4.02. The number of aryl methyl sites for hydroxylation is 3. The van der Waals surface area contributed by atoms with Crippen molar-refractivity contribution in [3.8, 4) is 17.2 Å². The van der Waals surface area contributed by atoms with Crippen LogP contribution in [0.25, 0.3) is 0 Å². The number of methoxy groups -OCH3 is 2. The maximum absolute atomic E-state index is 13.6. The molecule has 192 valence electrons. The SMILES string of the molecule is COc1ccc(OC)c(N(CC(=O)NCCOc2ccc(C)c(C)c2)S(=O)(=O)c2ccc(C)cc2)c1. The third-order valence-electron chi connectivity index (χ3n) is 5.72. The number of amides is 1. The van der Waals surface area contributed by atoms with Crippen molar-refractivity contribution >= 4 is 21.6 Å². The van der Waals surface area contributed by atoms with Crippen LogP contribution < -0.4 is 23.8 Å². The van der Waals surface area contributed by atoms with Gasteiger partial charge in [-0.3, -0.25) is 9.10 Å². The second kappa shape index (κ2) is 11.8. The number of nitrogens with zero attached hydrogens (tertiary/aromatic N) is 1. The molecule has 3 aromatic rings. The largest absolute Gasteiger partial charge is 0.497 e. The Balaban J connectivity index is 1.80. The molecule has 0 aliphatic rings. The van der Waals surface area contributed by atoms with Crippen LogP contribution in [0.2, 0.25) is 0 Å². The van der Waals surface area contributed by atoms with Gasteiger partial charge < -0.3 is 19.5 Å². The highest BCUT2D eigenvalue weighted by molar-refractivity contribution is 7.92. The maximum atomic E-state index is 13.6. The lowest BCUT2D eigenvalue weighted by atomic mass is 10.1. The van der Waals surface area contributed by atoms with Gasteiger partial charge in [0, 0.05) is 6.07 Å². The first-order valence-electron chi connectivity index (χ1n) is 11.4. The Kier molecular flexibility index (Phi) is 8.82. The standard InChI is InChI=1S/C27H32N2O6S/c1-19-6-11-24(12-7-19)36(31,32)29(25-17-22(33-4)10-13-26(25)34-5)18-27(30)28-14-15-35-23-9-8-20(2)21(3)16-23/h6-13,16-17H,14-15,18H2,1-5H3,(H,28,30). The second-order valence-corrected chi connectivity index (χ2v) is 10.2. The molecule has 0 saturated carbocycles. The first kappa shape index (κ1) is 26.9. The monoisotopic (exact) mass is 512 g/mol. The van der Waals surface area contributed by atoms with Gasteiger partial charge >= 0.3 is 0 Å². The van der Waals surface area contributed by atoms with Crippen molar-refractivity contribution in [1.29, 1.82) is 0 Å². The lowest BCUT2D eigenvalue weighted by Gasteiger charge is -2.26. The van der Waals surface area contributed by atoms with Crippen LogP contribution in [0.5, 0.6) is 17.2 Å². The summed E-state index contributed by atoms with van der Waals surface area (Å²) < 4.78 is 44.7. The average Bonchev–Trinajstić information content (AvgIpc) is 2.87. The van der Waals surface area contributed by atoms with Crippen LogP contribution >= 0.6 is 0 Å². The van der Waals surface area contributed by atoms with Gasteiger partial charge in [-0.1, -0.05) is 23.8 Å². The average molecular weight is 513 g/mol. The van der Waals surface area contributed by atoms with Gasteiger partial charge in [0.15, 0.2) is 0 Å². The number of anilines is 1. The van der Waals surface area contributed by atoms with E-state index in [1.807, 2.05) is 39.0 Å². The lowest BCUT2D eigenvalue weighted by Crippen LogP contribution is -2.42. The van der Waals surface area contributed by atoms with Crippen molar-refractivity contribution in [3.63, 3.8) is 0 Å². The Morgan fingerprint density at radius 1 is 0.861 bits per heavy atom. The minimum Gasteiger partial charge on any atom is -0.497 e. The van der Waals surface area contributed by atoms with E-state index in [1.165, 1.54) is 38.0 Å². The molecule has 3 rings (SSSR count). The molecular formula is C27H32N2O6S. The Morgan fingerprint density at radius 2 is 1.56 bits per heavy atom. The summed E-state index contributed by atoms with van der Waals surface area (Å²) in [5.41, 5.74) is 3.39. The highest BCUT2D eigenvalue weighted by Crippen LogP contribution is 2.35. The third-order valence-corrected chi connectivity index (χ3v) is 7.50. The summed E-state index contributed by atoms with van der Waals surface area (Å²) in [6, 6.07) is 17.0. The van der Waals surface area contributed by atoms with Gasteiger partial charge in [-0.15, -0.1) is 0 Å². The van der Waals surface area contributed by atoms with Crippen LogP contribution in [0.4, 0.5) is 5.69 Å². The van der Waals surface area contributed by atoms with E-state index in [9.17, 15) is 13.2 Å². The molecule has 0 bridgehead atoms. The van der Waals surface area contributed by atoms with Crippen LogP contribution in [0, 0.1) is 20.8 Å². The number of carbonyl (C=O) groups excluding carboxylic acids is 1. The second-order valence-electron chi connectivity index (χ2n) is 8.31. The van der Waals surface area contributed by atoms with Gasteiger partial charge in [0.2, 0.25) is 5.91 Å². The highest BCUT2D eigenvalue weighted by Gasteiger charge is 2.30. The fraction of sp³-hybridized carbons (Fsp3) is 0.296. The Morgan fingerprint density at radius 3 is 2.19 bits per heavy atom. The molecule has 9 heteroatoms. The Bertz CT molecular complexity index is 1310. The van der Waals surface area contributed by atoms with Gasteiger partial charge in [0.25, 0.3) is 10.0 Å². The molecule has 1 N–H and O–H groups in total. The van der Waals surface area contributed by atoms with Crippen molar-refractivity contribution in [2.24, 2.45) is 0 Å². The molecule has 0 unspecified atom stereocenters. The highest BCUT2D eigenvalue weighted by atomic mass is 32.2. The summed E-state index contributed by atoms with van der Waals surface area (Å²) in [5, 5.41) is 2.74. The number of carbonyl (C=O) groups is 1. The number of nitrogens with one attached hydrogen (secondary N) is 1. The van der Waals surface area contributed by atoms with E-state index in [1.54, 1.807) is 24.3 Å². The molecule has 0 atom stereocenters. The number of hydrogen-bond acceptors (Lipinski definition) is 6. The van der Waals surface area contributed by atoms with Crippen LogP contribution in [0.1, 0.15) is 16.7 Å². The van der Waals surface area contributed by atoms with Crippen molar-refractivity contribution in [2.45, 2.75) is 25.7 Å². The third kappa shape index (κ3) is 6.48. The number of ether oxygens (including phenoxy) is 3. The van der Waals surface area contributed by atoms with E-state index in [4.69, 9.17) is 14.2 Å². The van der Waals surface area contributed by atoms with E-state index in [-0.39, 0.29) is 29.5 Å². The van der Waals surface area contributed by atoms with Gasteiger partial charge in [0.05, 0.1) is 31.3 Å². The lowest BCUT2D eigenvalue weighted by molar-refractivity contribution is -0.119. The van der Waals surface area contributed by atoms with Crippen molar-refractivity contribution in [2.75, 3.05) is 38.2 Å². The first-order chi connectivity index (χ1) is 17.1. The molecule has 0 heterocycles. The molecule has 36 heavy (non-hydrogen) atoms. The normalized spacial score (nSPS) is 11.0. The molecule has 3 aromatic carbocycles. The van der Waals surface area contributed by atoms with Crippen LogP contribution in [-0.2, 0) is 14.8 Å². The number of sulfonamides is 1. The Hall–Kier alpha value is -3.72. The molecule has 0 saturated heterocycles. The van der Waals surface area contributed by atoms with Crippen molar-refractivity contribution in [1.82, 2.24) is 5.32 Å². The van der Waals surface area contributed by atoms with Gasteiger partial charge in [-0.2, -0.15) is 0 Å². The van der Waals surface area contributed by atoms with Crippen LogP contribution in [-0.4, -0.2) is 48.2 Å². The molecule has 8 nitrogen and oxygen atoms in total. The van der Waals surface area contributed by atoms with Gasteiger partial charge in [-0.25, -0.2) is 8.42 Å². The number of benzene rings is 3. The van der Waals surface area contributed by atoms with Crippen LogP contribution in [0.3, 0.4) is 0 Å². The molecule has 0 aromatic heterocycles. The minimum absolute atomic E-state index is 0.0591. The van der Waals surface area contributed by atoms with E-state index in [0.29, 0.717) is 11.5 Å². The Labute approximate surface area is 212 Å². The van der Waals surface area contributed by atoms with E-state index < -0.39 is 22.5 Å². The summed E-state index contributed by atoms with van der Waals surface area (Å²) in [5.74, 6) is 0.936. The van der Waals surface area contributed by atoms with E-state index in [0.717, 1.165) is 15.4 Å². The molecule has 0 aliphatic carbocycles.